The number of anilines is 1. The molecule has 96 valence electrons. The molecule has 2 heterocycles. The van der Waals surface area contributed by atoms with Crippen molar-refractivity contribution in [3.05, 3.63) is 60.0 Å². The maximum absolute atomic E-state index is 5.82. The standard InChI is InChI=1S/C15H15N3S/c1-11-5-6-12(16)8-14(11)19-10-13-9-18-7-3-2-4-15(18)17-13/h2-9H,10,16H2,1H3. The number of aryl methyl sites for hydroxylation is 1. The minimum Gasteiger partial charge on any atom is -0.399 e. The summed E-state index contributed by atoms with van der Waals surface area (Å²) in [6.45, 7) is 2.10. The minimum atomic E-state index is 0.808. The van der Waals surface area contributed by atoms with E-state index in [1.807, 2.05) is 40.9 Å². The smallest absolute Gasteiger partial charge is 0.137 e. The number of nitrogens with zero attached hydrogens (tertiary/aromatic N) is 2. The number of pyridine rings is 1. The molecule has 2 N–H and O–H groups in total. The van der Waals surface area contributed by atoms with Crippen LogP contribution in [0.15, 0.2) is 53.7 Å². The summed E-state index contributed by atoms with van der Waals surface area (Å²) < 4.78 is 2.04. The van der Waals surface area contributed by atoms with E-state index in [0.717, 1.165) is 22.8 Å². The van der Waals surface area contributed by atoms with E-state index in [4.69, 9.17) is 5.73 Å². The third kappa shape index (κ3) is 2.58. The van der Waals surface area contributed by atoms with Crippen molar-refractivity contribution in [2.45, 2.75) is 17.6 Å². The highest BCUT2D eigenvalue weighted by atomic mass is 32.2. The monoisotopic (exact) mass is 269 g/mol. The molecule has 3 rings (SSSR count). The molecule has 1 aromatic carbocycles. The molecule has 3 aromatic rings. The van der Waals surface area contributed by atoms with Gasteiger partial charge in [0.1, 0.15) is 5.65 Å². The topological polar surface area (TPSA) is 43.3 Å². The molecule has 19 heavy (non-hydrogen) atoms. The predicted molar refractivity (Wildman–Crippen MR) is 80.3 cm³/mol. The average molecular weight is 269 g/mol. The zero-order valence-electron chi connectivity index (χ0n) is 10.7. The van der Waals surface area contributed by atoms with Crippen LogP contribution in [0.1, 0.15) is 11.3 Å². The van der Waals surface area contributed by atoms with Crippen molar-refractivity contribution in [3.8, 4) is 0 Å². The molecule has 0 radical (unpaired) electrons. The van der Waals surface area contributed by atoms with Crippen LogP contribution in [0.25, 0.3) is 5.65 Å². The van der Waals surface area contributed by atoms with Gasteiger partial charge in [-0.3, -0.25) is 0 Å². The molecule has 0 saturated heterocycles. The summed E-state index contributed by atoms with van der Waals surface area (Å²) in [6, 6.07) is 12.0. The van der Waals surface area contributed by atoms with Crippen LogP contribution in [0.2, 0.25) is 0 Å². The Morgan fingerprint density at radius 1 is 1.26 bits per heavy atom. The van der Waals surface area contributed by atoms with Crippen LogP contribution in [-0.4, -0.2) is 9.38 Å². The first-order valence-electron chi connectivity index (χ1n) is 6.14. The van der Waals surface area contributed by atoms with Gasteiger partial charge in [0.2, 0.25) is 0 Å². The van der Waals surface area contributed by atoms with Crippen LogP contribution in [-0.2, 0) is 5.75 Å². The zero-order valence-corrected chi connectivity index (χ0v) is 11.5. The fraction of sp³-hybridized carbons (Fsp3) is 0.133. The largest absolute Gasteiger partial charge is 0.399 e. The zero-order chi connectivity index (χ0) is 13.2. The number of aromatic nitrogens is 2. The number of rotatable bonds is 3. The highest BCUT2D eigenvalue weighted by molar-refractivity contribution is 7.98. The van der Waals surface area contributed by atoms with Crippen molar-refractivity contribution in [2.24, 2.45) is 0 Å². The van der Waals surface area contributed by atoms with Crippen molar-refractivity contribution in [1.29, 1.82) is 0 Å². The van der Waals surface area contributed by atoms with Crippen molar-refractivity contribution < 1.29 is 0 Å². The van der Waals surface area contributed by atoms with Crippen molar-refractivity contribution >= 4 is 23.1 Å². The number of hydrogen-bond acceptors (Lipinski definition) is 3. The summed E-state index contributed by atoms with van der Waals surface area (Å²) in [5.74, 6) is 0.853. The maximum Gasteiger partial charge on any atom is 0.137 e. The van der Waals surface area contributed by atoms with Crippen LogP contribution in [0.5, 0.6) is 0 Å². The van der Waals surface area contributed by atoms with Gasteiger partial charge in [-0.2, -0.15) is 0 Å². The molecule has 0 aliphatic carbocycles. The van der Waals surface area contributed by atoms with Gasteiger partial charge >= 0.3 is 0 Å². The number of thioether (sulfide) groups is 1. The SMILES string of the molecule is Cc1ccc(N)cc1SCc1cn2ccccc2n1. The molecule has 0 saturated carbocycles. The lowest BCUT2D eigenvalue weighted by atomic mass is 10.2. The van der Waals surface area contributed by atoms with Crippen molar-refractivity contribution in [3.63, 3.8) is 0 Å². The second-order valence-electron chi connectivity index (χ2n) is 4.51. The summed E-state index contributed by atoms with van der Waals surface area (Å²) in [5, 5.41) is 0. The van der Waals surface area contributed by atoms with Gasteiger partial charge in [0, 0.05) is 28.7 Å². The van der Waals surface area contributed by atoms with Gasteiger partial charge in [-0.15, -0.1) is 11.8 Å². The second-order valence-corrected chi connectivity index (χ2v) is 5.53. The number of nitrogens with two attached hydrogens (primary N) is 1. The number of imidazole rings is 1. The summed E-state index contributed by atoms with van der Waals surface area (Å²) in [4.78, 5) is 5.81. The van der Waals surface area contributed by atoms with Gasteiger partial charge < -0.3 is 10.1 Å². The van der Waals surface area contributed by atoms with E-state index in [9.17, 15) is 0 Å². The van der Waals surface area contributed by atoms with Gasteiger partial charge in [0.15, 0.2) is 0 Å². The Bertz CT molecular complexity index is 685. The third-order valence-corrected chi connectivity index (χ3v) is 4.19. The fourth-order valence-corrected chi connectivity index (χ4v) is 2.94. The van der Waals surface area contributed by atoms with Crippen LogP contribution in [0.4, 0.5) is 5.69 Å². The van der Waals surface area contributed by atoms with Crippen LogP contribution in [0.3, 0.4) is 0 Å². The minimum absolute atomic E-state index is 0.808. The third-order valence-electron chi connectivity index (χ3n) is 3.00. The van der Waals surface area contributed by atoms with E-state index in [1.54, 1.807) is 11.8 Å². The van der Waals surface area contributed by atoms with Crippen LogP contribution in [0, 0.1) is 6.92 Å². The molecular weight excluding hydrogens is 254 g/mol. The normalized spacial score (nSPS) is 11.0. The van der Waals surface area contributed by atoms with Crippen molar-refractivity contribution in [1.82, 2.24) is 9.38 Å². The Morgan fingerprint density at radius 3 is 3.00 bits per heavy atom. The molecule has 0 fully saturated rings. The van der Waals surface area contributed by atoms with E-state index >= 15 is 0 Å². The van der Waals surface area contributed by atoms with Gasteiger partial charge in [0.05, 0.1) is 5.69 Å². The van der Waals surface area contributed by atoms with E-state index in [-0.39, 0.29) is 0 Å². The molecule has 0 bridgehead atoms. The number of nitrogen functional groups attached to an aromatic ring is 1. The Hall–Kier alpha value is -1.94. The molecule has 0 spiro atoms. The Balaban J connectivity index is 1.80. The maximum atomic E-state index is 5.82. The number of benzene rings is 1. The average Bonchev–Trinajstić information content (AvgIpc) is 2.82. The summed E-state index contributed by atoms with van der Waals surface area (Å²) >= 11 is 1.77. The molecule has 0 aliphatic heterocycles. The molecule has 4 heteroatoms. The van der Waals surface area contributed by atoms with E-state index in [2.05, 4.69) is 24.2 Å². The van der Waals surface area contributed by atoms with Gasteiger partial charge in [-0.05, 0) is 36.8 Å². The molecule has 2 aromatic heterocycles. The number of fused-ring (bicyclic) bond motifs is 1. The molecule has 3 nitrogen and oxygen atoms in total. The summed E-state index contributed by atoms with van der Waals surface area (Å²) in [7, 11) is 0. The van der Waals surface area contributed by atoms with Crippen LogP contribution >= 0.6 is 11.8 Å². The molecular formula is C15H15N3S. The van der Waals surface area contributed by atoms with Crippen LogP contribution < -0.4 is 5.73 Å². The Kier molecular flexibility index (Phi) is 3.17. The quantitative estimate of drug-likeness (QED) is 0.584. The second kappa shape index (κ2) is 4.97. The fourth-order valence-electron chi connectivity index (χ4n) is 1.98. The molecule has 0 unspecified atom stereocenters. The van der Waals surface area contributed by atoms with E-state index in [0.29, 0.717) is 0 Å². The first-order chi connectivity index (χ1) is 9.22. The Labute approximate surface area is 116 Å². The first kappa shape index (κ1) is 12.1. The highest BCUT2D eigenvalue weighted by Crippen LogP contribution is 2.27. The first-order valence-corrected chi connectivity index (χ1v) is 7.12. The van der Waals surface area contributed by atoms with E-state index in [1.165, 1.54) is 10.5 Å². The van der Waals surface area contributed by atoms with E-state index < -0.39 is 0 Å². The van der Waals surface area contributed by atoms with Gasteiger partial charge in [-0.25, -0.2) is 4.98 Å². The van der Waals surface area contributed by atoms with Gasteiger partial charge in [0.25, 0.3) is 0 Å². The predicted octanol–water partition coefficient (Wildman–Crippen LogP) is 3.52. The molecule has 0 atom stereocenters. The lowest BCUT2D eigenvalue weighted by Crippen LogP contribution is -1.88. The van der Waals surface area contributed by atoms with Crippen molar-refractivity contribution in [2.75, 3.05) is 5.73 Å². The lowest BCUT2D eigenvalue weighted by molar-refractivity contribution is 1.18. The Morgan fingerprint density at radius 2 is 2.16 bits per heavy atom. The number of hydrogen-bond donors (Lipinski definition) is 1. The summed E-state index contributed by atoms with van der Waals surface area (Å²) in [6.07, 6.45) is 4.09. The molecule has 0 amide bonds. The molecule has 0 aliphatic rings. The highest BCUT2D eigenvalue weighted by Gasteiger charge is 2.04. The summed E-state index contributed by atoms with van der Waals surface area (Å²) in [5.41, 5.74) is 9.96. The van der Waals surface area contributed by atoms with Gasteiger partial charge in [-0.1, -0.05) is 12.1 Å². The lowest BCUT2D eigenvalue weighted by Gasteiger charge is -2.05.